The Bertz CT molecular complexity index is 1550. The Morgan fingerprint density at radius 2 is 1.03 bits per heavy atom. The number of hydrogen-bond donors (Lipinski definition) is 0. The van der Waals surface area contributed by atoms with Gasteiger partial charge in [-0.25, -0.2) is 0 Å². The third-order valence-electron chi connectivity index (χ3n) is 5.77. The van der Waals surface area contributed by atoms with Crippen molar-refractivity contribution in [2.75, 3.05) is 0 Å². The standard InChI is InChI=1S/C26H15PS4/c1-2-6-16(7-3-1)27-23(19-8-4-12-28-19)21-17-10-14-30-25(17)26-18(11-15-31-26)22(21)24(27)20-9-5-13-29-20/h1-15H. The van der Waals surface area contributed by atoms with Gasteiger partial charge in [0.2, 0.25) is 0 Å². The molecule has 0 amide bonds. The summed E-state index contributed by atoms with van der Waals surface area (Å²) in [6.45, 7) is 0. The Balaban J connectivity index is 1.83. The minimum Gasteiger partial charge on any atom is -0.143 e. The van der Waals surface area contributed by atoms with Crippen LogP contribution in [0, 0.1) is 0 Å². The Hall–Kier alpha value is -2.20. The van der Waals surface area contributed by atoms with Gasteiger partial charge < -0.3 is 0 Å². The molecule has 0 aliphatic rings. The summed E-state index contributed by atoms with van der Waals surface area (Å²) >= 11 is 7.52. The van der Waals surface area contributed by atoms with Crippen molar-refractivity contribution in [2.24, 2.45) is 0 Å². The largest absolute Gasteiger partial charge is 0.143 e. The molecule has 0 fully saturated rings. The van der Waals surface area contributed by atoms with Crippen LogP contribution in [0.15, 0.2) is 88.3 Å². The molecule has 2 aromatic carbocycles. The van der Waals surface area contributed by atoms with Crippen LogP contribution in [0.4, 0.5) is 0 Å². The maximum absolute atomic E-state index is 2.35. The minimum atomic E-state index is -0.640. The Kier molecular flexibility index (Phi) is 4.25. The van der Waals surface area contributed by atoms with Gasteiger partial charge in [-0.3, -0.25) is 0 Å². The lowest BCUT2D eigenvalue weighted by Crippen LogP contribution is -1.74. The third kappa shape index (κ3) is 2.64. The molecule has 0 unspecified atom stereocenters. The first kappa shape index (κ1) is 18.4. The van der Waals surface area contributed by atoms with E-state index >= 15 is 0 Å². The zero-order chi connectivity index (χ0) is 20.4. The molecule has 0 spiro atoms. The molecule has 0 N–H and O–H groups in total. The molecule has 7 rings (SSSR count). The lowest BCUT2D eigenvalue weighted by Gasteiger charge is -2.09. The van der Waals surface area contributed by atoms with E-state index in [1.54, 1.807) is 0 Å². The summed E-state index contributed by atoms with van der Waals surface area (Å²) in [5.74, 6) is 0. The van der Waals surface area contributed by atoms with Crippen LogP contribution in [0.1, 0.15) is 0 Å². The summed E-state index contributed by atoms with van der Waals surface area (Å²) < 4.78 is 2.88. The molecule has 7 aromatic rings. The summed E-state index contributed by atoms with van der Waals surface area (Å²) in [5, 5.41) is 19.3. The van der Waals surface area contributed by atoms with E-state index in [9.17, 15) is 0 Å². The van der Waals surface area contributed by atoms with Gasteiger partial charge in [0.15, 0.2) is 0 Å². The van der Waals surface area contributed by atoms with Crippen molar-refractivity contribution in [2.45, 2.75) is 0 Å². The highest BCUT2D eigenvalue weighted by Gasteiger charge is 2.27. The highest BCUT2D eigenvalue weighted by atomic mass is 32.1. The first-order valence-electron chi connectivity index (χ1n) is 10.00. The van der Waals surface area contributed by atoms with Crippen LogP contribution in [0.2, 0.25) is 0 Å². The second-order valence-electron chi connectivity index (χ2n) is 7.40. The van der Waals surface area contributed by atoms with Crippen LogP contribution in [0.5, 0.6) is 0 Å². The fourth-order valence-corrected chi connectivity index (χ4v) is 11.5. The molecule has 0 aliphatic heterocycles. The van der Waals surface area contributed by atoms with E-state index in [0.29, 0.717) is 0 Å². The van der Waals surface area contributed by atoms with Crippen molar-refractivity contribution in [3.63, 3.8) is 0 Å². The van der Waals surface area contributed by atoms with Gasteiger partial charge >= 0.3 is 0 Å². The van der Waals surface area contributed by atoms with E-state index in [-0.39, 0.29) is 0 Å². The zero-order valence-electron chi connectivity index (χ0n) is 16.2. The van der Waals surface area contributed by atoms with E-state index in [4.69, 9.17) is 0 Å². The van der Waals surface area contributed by atoms with Gasteiger partial charge in [0.1, 0.15) is 0 Å². The first-order valence-corrected chi connectivity index (χ1v) is 14.9. The molecule has 0 saturated heterocycles. The summed E-state index contributed by atoms with van der Waals surface area (Å²) in [6, 6.07) is 24.9. The molecular weight excluding hydrogens is 472 g/mol. The Morgan fingerprint density at radius 3 is 1.52 bits per heavy atom. The molecule has 148 valence electrons. The van der Waals surface area contributed by atoms with Gasteiger partial charge in [0.05, 0.1) is 9.40 Å². The van der Waals surface area contributed by atoms with Gasteiger partial charge in [-0.15, -0.1) is 45.3 Å². The summed E-state index contributed by atoms with van der Waals surface area (Å²) in [5.41, 5.74) is 0. The van der Waals surface area contributed by atoms with E-state index < -0.39 is 7.53 Å². The second kappa shape index (κ2) is 7.16. The minimum absolute atomic E-state index is 0.640. The molecule has 0 aliphatic carbocycles. The van der Waals surface area contributed by atoms with Crippen LogP contribution < -0.4 is 0 Å². The van der Waals surface area contributed by atoms with Crippen molar-refractivity contribution in [1.29, 1.82) is 0 Å². The fraction of sp³-hybridized carbons (Fsp3) is 0. The first-order chi connectivity index (χ1) is 15.4. The molecule has 5 aromatic heterocycles. The van der Waals surface area contributed by atoms with Crippen molar-refractivity contribution in [1.82, 2.24) is 0 Å². The maximum atomic E-state index is 2.35. The average Bonchev–Trinajstić information content (AvgIpc) is 3.60. The maximum Gasteiger partial charge on any atom is 0.0527 e. The van der Waals surface area contributed by atoms with Crippen LogP contribution in [0.25, 0.3) is 56.6 Å². The average molecular weight is 487 g/mol. The van der Waals surface area contributed by atoms with Crippen molar-refractivity contribution >= 4 is 83.8 Å². The molecule has 0 radical (unpaired) electrons. The topological polar surface area (TPSA) is 0 Å². The quantitative estimate of drug-likeness (QED) is 0.233. The molecule has 5 heterocycles. The Labute approximate surface area is 196 Å². The highest BCUT2D eigenvalue weighted by molar-refractivity contribution is 7.65. The predicted molar refractivity (Wildman–Crippen MR) is 145 cm³/mol. The number of hydrogen-bond acceptors (Lipinski definition) is 4. The van der Waals surface area contributed by atoms with E-state index in [0.717, 1.165) is 0 Å². The van der Waals surface area contributed by atoms with Gasteiger partial charge in [0, 0.05) is 41.9 Å². The van der Waals surface area contributed by atoms with Gasteiger partial charge in [-0.2, -0.15) is 0 Å². The number of rotatable bonds is 3. The van der Waals surface area contributed by atoms with Crippen molar-refractivity contribution < 1.29 is 0 Å². The van der Waals surface area contributed by atoms with Crippen LogP contribution >= 0.6 is 52.9 Å². The molecule has 5 heteroatoms. The normalized spacial score (nSPS) is 11.9. The second-order valence-corrected chi connectivity index (χ2v) is 13.2. The molecule has 0 saturated carbocycles. The van der Waals surface area contributed by atoms with Crippen molar-refractivity contribution in [3.05, 3.63) is 88.3 Å². The third-order valence-corrected chi connectivity index (χ3v) is 12.5. The monoisotopic (exact) mass is 486 g/mol. The molecule has 0 bridgehead atoms. The summed E-state index contributed by atoms with van der Waals surface area (Å²) in [4.78, 5) is 2.81. The zero-order valence-corrected chi connectivity index (χ0v) is 20.4. The fourth-order valence-electron chi connectivity index (χ4n) is 4.59. The summed E-state index contributed by atoms with van der Waals surface area (Å²) in [7, 11) is -0.640. The molecule has 31 heavy (non-hydrogen) atoms. The van der Waals surface area contributed by atoms with Crippen molar-refractivity contribution in [3.8, 4) is 25.6 Å². The van der Waals surface area contributed by atoms with E-state index in [1.165, 1.54) is 56.6 Å². The molecule has 0 atom stereocenters. The van der Waals surface area contributed by atoms with Gasteiger partial charge in [0.25, 0.3) is 0 Å². The lowest BCUT2D eigenvalue weighted by molar-refractivity contribution is 1.76. The predicted octanol–water partition coefficient (Wildman–Crippen LogP) is 10.7. The van der Waals surface area contributed by atoms with Gasteiger partial charge in [-0.1, -0.05) is 50.0 Å². The van der Waals surface area contributed by atoms with Crippen LogP contribution in [-0.4, -0.2) is 0 Å². The summed E-state index contributed by atoms with van der Waals surface area (Å²) in [6.07, 6.45) is 0. The number of thiophene rings is 4. The molecule has 0 nitrogen and oxygen atoms in total. The lowest BCUT2D eigenvalue weighted by atomic mass is 10.0. The smallest absolute Gasteiger partial charge is 0.0527 e. The molecular formula is C26H15PS4. The SMILES string of the molecule is c1ccc(-p2c(-c3cccs3)c3c4ccsc4c4sccc4c3c2-c2cccs2)cc1. The van der Waals surface area contributed by atoms with Crippen LogP contribution in [-0.2, 0) is 0 Å². The van der Waals surface area contributed by atoms with E-state index in [1.807, 2.05) is 45.3 Å². The number of fused-ring (bicyclic) bond motifs is 6. The Morgan fingerprint density at radius 1 is 0.484 bits per heavy atom. The van der Waals surface area contributed by atoms with Gasteiger partial charge in [-0.05, 0) is 51.1 Å². The highest BCUT2D eigenvalue weighted by Crippen LogP contribution is 2.65. The number of benzene rings is 2. The van der Waals surface area contributed by atoms with Crippen LogP contribution in [0.3, 0.4) is 0 Å². The van der Waals surface area contributed by atoms with E-state index in [2.05, 4.69) is 88.3 Å².